The maximum atomic E-state index is 6.35. The topological polar surface area (TPSA) is 31.6 Å². The van der Waals surface area contributed by atoms with Crippen LogP contribution in [-0.2, 0) is 9.31 Å². The van der Waals surface area contributed by atoms with Crippen molar-refractivity contribution < 1.29 is 13.7 Å². The van der Waals surface area contributed by atoms with E-state index in [1.165, 1.54) is 16.7 Å². The smallest absolute Gasteiger partial charge is 0.456 e. The van der Waals surface area contributed by atoms with Crippen LogP contribution in [0, 0.1) is 6.92 Å². The predicted molar refractivity (Wildman–Crippen MR) is 120 cm³/mol. The Labute approximate surface area is 171 Å². The largest absolute Gasteiger partial charge is 0.495 e. The van der Waals surface area contributed by atoms with Crippen LogP contribution in [0.2, 0.25) is 0 Å². The van der Waals surface area contributed by atoms with Gasteiger partial charge < -0.3 is 13.7 Å². The van der Waals surface area contributed by atoms with Gasteiger partial charge in [0.15, 0.2) is 0 Å². The van der Waals surface area contributed by atoms with Gasteiger partial charge in [0, 0.05) is 10.8 Å². The number of aryl methyl sites for hydroxylation is 1. The van der Waals surface area contributed by atoms with Gasteiger partial charge in [0.05, 0.1) is 11.2 Å². The maximum Gasteiger partial charge on any atom is 0.495 e. The summed E-state index contributed by atoms with van der Waals surface area (Å²) in [7, 11) is -0.424. The Bertz CT molecular complexity index is 1220. The molecule has 29 heavy (non-hydrogen) atoms. The van der Waals surface area contributed by atoms with Crippen LogP contribution < -0.4 is 5.46 Å². The van der Waals surface area contributed by atoms with E-state index in [-0.39, 0.29) is 11.2 Å². The van der Waals surface area contributed by atoms with E-state index in [0.717, 1.165) is 27.4 Å². The first-order valence-electron chi connectivity index (χ1n) is 10.1. The molecule has 0 amide bonds. The second-order valence-electron chi connectivity index (χ2n) is 8.94. The number of fused-ring (bicyclic) bond motifs is 3. The molecule has 1 aromatic heterocycles. The molecule has 0 atom stereocenters. The monoisotopic (exact) mass is 384 g/mol. The first-order chi connectivity index (χ1) is 13.8. The molecule has 1 aliphatic rings. The Kier molecular flexibility index (Phi) is 3.96. The molecule has 5 rings (SSSR count). The molecule has 0 aliphatic carbocycles. The van der Waals surface area contributed by atoms with Crippen molar-refractivity contribution in [3.63, 3.8) is 0 Å². The van der Waals surface area contributed by atoms with Gasteiger partial charge in [-0.1, -0.05) is 42.5 Å². The van der Waals surface area contributed by atoms with Gasteiger partial charge in [0.2, 0.25) is 0 Å². The fourth-order valence-electron chi connectivity index (χ4n) is 4.08. The van der Waals surface area contributed by atoms with Crippen molar-refractivity contribution in [2.24, 2.45) is 0 Å². The molecule has 4 aromatic rings. The Morgan fingerprint density at radius 1 is 0.759 bits per heavy atom. The van der Waals surface area contributed by atoms with E-state index in [4.69, 9.17) is 13.7 Å². The zero-order valence-corrected chi connectivity index (χ0v) is 17.6. The van der Waals surface area contributed by atoms with Crippen LogP contribution in [0.4, 0.5) is 0 Å². The number of benzene rings is 3. The standard InChI is InChI=1S/C25H25BO3/c1-16-9-6-7-10-18(16)17-13-14-21-19(15-17)23-20(11-8-12-22(23)27-21)26-28-24(2,3)25(4,5)29-26/h6-15H,1-5H3. The highest BCUT2D eigenvalue weighted by atomic mass is 16.7. The molecular formula is C25H25BO3. The number of rotatable bonds is 2. The second-order valence-corrected chi connectivity index (χ2v) is 8.94. The van der Waals surface area contributed by atoms with Crippen molar-refractivity contribution in [3.05, 3.63) is 66.2 Å². The molecule has 0 radical (unpaired) electrons. The molecular weight excluding hydrogens is 359 g/mol. The minimum atomic E-state index is -0.424. The van der Waals surface area contributed by atoms with Crippen LogP contribution in [0.1, 0.15) is 33.3 Å². The van der Waals surface area contributed by atoms with E-state index in [9.17, 15) is 0 Å². The summed E-state index contributed by atoms with van der Waals surface area (Å²) in [6.07, 6.45) is 0. The molecule has 0 spiro atoms. The lowest BCUT2D eigenvalue weighted by Crippen LogP contribution is -2.41. The van der Waals surface area contributed by atoms with Crippen molar-refractivity contribution in [1.82, 2.24) is 0 Å². The van der Waals surface area contributed by atoms with Crippen molar-refractivity contribution in [2.45, 2.75) is 45.8 Å². The summed E-state index contributed by atoms with van der Waals surface area (Å²) < 4.78 is 18.9. The van der Waals surface area contributed by atoms with Gasteiger partial charge in [0.25, 0.3) is 0 Å². The van der Waals surface area contributed by atoms with Crippen LogP contribution in [0.3, 0.4) is 0 Å². The summed E-state index contributed by atoms with van der Waals surface area (Å²) in [4.78, 5) is 0. The highest BCUT2D eigenvalue weighted by Crippen LogP contribution is 2.38. The lowest BCUT2D eigenvalue weighted by atomic mass is 9.76. The molecule has 0 bridgehead atoms. The summed E-state index contributed by atoms with van der Waals surface area (Å²) in [6.45, 7) is 10.5. The normalized spacial score (nSPS) is 18.0. The number of hydrogen-bond donors (Lipinski definition) is 0. The second kappa shape index (κ2) is 6.22. The molecule has 0 saturated carbocycles. The van der Waals surface area contributed by atoms with Crippen molar-refractivity contribution >= 4 is 34.5 Å². The first-order valence-corrected chi connectivity index (χ1v) is 10.1. The predicted octanol–water partition coefficient (Wildman–Crippen LogP) is 5.86. The summed E-state index contributed by atoms with van der Waals surface area (Å²) in [5, 5.41) is 2.16. The summed E-state index contributed by atoms with van der Waals surface area (Å²) in [6, 6.07) is 21.0. The molecule has 4 heteroatoms. The zero-order chi connectivity index (χ0) is 20.4. The van der Waals surface area contributed by atoms with Crippen molar-refractivity contribution in [3.8, 4) is 11.1 Å². The van der Waals surface area contributed by atoms with Crippen LogP contribution in [0.5, 0.6) is 0 Å². The fourth-order valence-corrected chi connectivity index (χ4v) is 4.08. The Hall–Kier alpha value is -2.56. The molecule has 2 heterocycles. The fraction of sp³-hybridized carbons (Fsp3) is 0.280. The van der Waals surface area contributed by atoms with Crippen molar-refractivity contribution in [2.75, 3.05) is 0 Å². The Morgan fingerprint density at radius 2 is 1.48 bits per heavy atom. The number of furan rings is 1. The minimum Gasteiger partial charge on any atom is -0.456 e. The maximum absolute atomic E-state index is 6.35. The van der Waals surface area contributed by atoms with Crippen molar-refractivity contribution in [1.29, 1.82) is 0 Å². The lowest BCUT2D eigenvalue weighted by molar-refractivity contribution is 0.00578. The van der Waals surface area contributed by atoms with E-state index >= 15 is 0 Å². The van der Waals surface area contributed by atoms with Gasteiger partial charge in [0.1, 0.15) is 11.2 Å². The third-order valence-corrected chi connectivity index (χ3v) is 6.49. The lowest BCUT2D eigenvalue weighted by Gasteiger charge is -2.32. The molecule has 3 aromatic carbocycles. The molecule has 1 aliphatic heterocycles. The van der Waals surface area contributed by atoms with Crippen LogP contribution in [-0.4, -0.2) is 18.3 Å². The minimum absolute atomic E-state index is 0.383. The molecule has 1 fully saturated rings. The zero-order valence-electron chi connectivity index (χ0n) is 17.6. The van der Waals surface area contributed by atoms with E-state index in [1.54, 1.807) is 0 Å². The average Bonchev–Trinajstić information content (AvgIpc) is 3.15. The van der Waals surface area contributed by atoms with E-state index < -0.39 is 7.12 Å². The van der Waals surface area contributed by atoms with Gasteiger partial charge in [-0.05, 0) is 75.0 Å². The summed E-state index contributed by atoms with van der Waals surface area (Å²) >= 11 is 0. The average molecular weight is 384 g/mol. The third kappa shape index (κ3) is 2.82. The van der Waals surface area contributed by atoms with E-state index in [2.05, 4.69) is 83.1 Å². The van der Waals surface area contributed by atoms with Gasteiger partial charge in [-0.25, -0.2) is 0 Å². The molecule has 0 unspecified atom stereocenters. The van der Waals surface area contributed by atoms with E-state index in [0.29, 0.717) is 0 Å². The van der Waals surface area contributed by atoms with Crippen LogP contribution >= 0.6 is 0 Å². The molecule has 1 saturated heterocycles. The quantitative estimate of drug-likeness (QED) is 0.406. The molecule has 0 N–H and O–H groups in total. The third-order valence-electron chi connectivity index (χ3n) is 6.49. The van der Waals surface area contributed by atoms with E-state index in [1.807, 2.05) is 12.1 Å². The SMILES string of the molecule is Cc1ccccc1-c1ccc2oc3cccc(B4OC(C)(C)C(C)(C)O4)c3c2c1. The highest BCUT2D eigenvalue weighted by Gasteiger charge is 2.52. The molecule has 146 valence electrons. The Balaban J connectivity index is 1.72. The molecule has 3 nitrogen and oxygen atoms in total. The highest BCUT2D eigenvalue weighted by molar-refractivity contribution is 6.66. The van der Waals surface area contributed by atoms with Gasteiger partial charge >= 0.3 is 7.12 Å². The first kappa shape index (κ1) is 18.5. The summed E-state index contributed by atoms with van der Waals surface area (Å²) in [5.74, 6) is 0. The van der Waals surface area contributed by atoms with Gasteiger partial charge in [-0.15, -0.1) is 0 Å². The Morgan fingerprint density at radius 3 is 2.21 bits per heavy atom. The number of hydrogen-bond acceptors (Lipinski definition) is 3. The van der Waals surface area contributed by atoms with Gasteiger partial charge in [-0.3, -0.25) is 0 Å². The summed E-state index contributed by atoms with van der Waals surface area (Å²) in [5.41, 5.74) is 5.65. The van der Waals surface area contributed by atoms with Crippen LogP contribution in [0.25, 0.3) is 33.1 Å². The van der Waals surface area contributed by atoms with Gasteiger partial charge in [-0.2, -0.15) is 0 Å². The van der Waals surface area contributed by atoms with Crippen LogP contribution in [0.15, 0.2) is 65.1 Å².